The van der Waals surface area contributed by atoms with Crippen LogP contribution < -0.4 is 0 Å². The maximum atomic E-state index is 14.3. The van der Waals surface area contributed by atoms with Crippen LogP contribution in [0.3, 0.4) is 0 Å². The molecule has 0 saturated heterocycles. The van der Waals surface area contributed by atoms with Gasteiger partial charge in [0.1, 0.15) is 35.1 Å². The van der Waals surface area contributed by atoms with E-state index in [2.05, 4.69) is 10.1 Å². The smallest absolute Gasteiger partial charge is 0.137 e. The van der Waals surface area contributed by atoms with Gasteiger partial charge in [-0.2, -0.15) is 10.4 Å². The van der Waals surface area contributed by atoms with Gasteiger partial charge in [0, 0.05) is 22.4 Å². The van der Waals surface area contributed by atoms with Crippen LogP contribution in [0.4, 0.5) is 8.78 Å². The number of aromatic nitrogens is 3. The largest absolute Gasteiger partial charge is 0.382 e. The van der Waals surface area contributed by atoms with E-state index in [-0.39, 0.29) is 12.1 Å². The Balaban J connectivity index is 2.52. The van der Waals surface area contributed by atoms with Crippen LogP contribution in [0.5, 0.6) is 0 Å². The molecule has 1 aromatic carbocycles. The van der Waals surface area contributed by atoms with Crippen molar-refractivity contribution in [3.63, 3.8) is 0 Å². The van der Waals surface area contributed by atoms with Gasteiger partial charge in [-0.3, -0.25) is 4.21 Å². The molecule has 0 spiro atoms. The Bertz CT molecular complexity index is 778. The van der Waals surface area contributed by atoms with Crippen molar-refractivity contribution in [1.29, 1.82) is 5.26 Å². The van der Waals surface area contributed by atoms with Gasteiger partial charge in [-0.05, 0) is 19.9 Å². The minimum Gasteiger partial charge on any atom is -0.382 e. The average Bonchev–Trinajstić information content (AvgIpc) is 3.05. The summed E-state index contributed by atoms with van der Waals surface area (Å²) in [6.07, 6.45) is 2.55. The van der Waals surface area contributed by atoms with Gasteiger partial charge in [-0.1, -0.05) is 6.07 Å². The predicted molar refractivity (Wildman–Crippen MR) is 83.0 cm³/mol. The van der Waals surface area contributed by atoms with Crippen molar-refractivity contribution in [3.8, 4) is 6.07 Å². The molecule has 0 aliphatic rings. The van der Waals surface area contributed by atoms with Crippen LogP contribution in [0.2, 0.25) is 0 Å². The van der Waals surface area contributed by atoms with Crippen LogP contribution in [0.25, 0.3) is 0 Å². The second kappa shape index (κ2) is 7.15. The highest BCUT2D eigenvalue weighted by Gasteiger charge is 2.43. The maximum absolute atomic E-state index is 14.3. The molecule has 0 fully saturated rings. The molecule has 1 heterocycles. The zero-order valence-electron chi connectivity index (χ0n) is 13.1. The van der Waals surface area contributed by atoms with Gasteiger partial charge in [-0.15, -0.1) is 0 Å². The van der Waals surface area contributed by atoms with E-state index in [9.17, 15) is 18.1 Å². The van der Waals surface area contributed by atoms with E-state index in [4.69, 9.17) is 5.26 Å². The third-order valence-corrected chi connectivity index (χ3v) is 5.71. The third-order valence-electron chi connectivity index (χ3n) is 3.82. The monoisotopic (exact) mass is 354 g/mol. The number of nitriles is 1. The maximum Gasteiger partial charge on any atom is 0.137 e. The third kappa shape index (κ3) is 3.49. The molecule has 0 bridgehead atoms. The Labute approximate surface area is 140 Å². The van der Waals surface area contributed by atoms with Crippen molar-refractivity contribution in [1.82, 2.24) is 14.8 Å². The van der Waals surface area contributed by atoms with E-state index in [1.54, 1.807) is 0 Å². The summed E-state index contributed by atoms with van der Waals surface area (Å²) in [5.41, 5.74) is -2.19. The highest BCUT2D eigenvalue weighted by atomic mass is 32.2. The Hall–Kier alpha value is -2.18. The van der Waals surface area contributed by atoms with Gasteiger partial charge in [0.25, 0.3) is 0 Å². The Kier molecular flexibility index (Phi) is 5.41. The van der Waals surface area contributed by atoms with E-state index < -0.39 is 38.5 Å². The van der Waals surface area contributed by atoms with Crippen LogP contribution in [-0.2, 0) is 22.9 Å². The summed E-state index contributed by atoms with van der Waals surface area (Å²) < 4.78 is 41.2. The lowest BCUT2D eigenvalue weighted by Crippen LogP contribution is -2.46. The molecule has 0 aliphatic heterocycles. The van der Waals surface area contributed by atoms with Gasteiger partial charge in [0.15, 0.2) is 0 Å². The topological polar surface area (TPSA) is 91.8 Å². The fourth-order valence-electron chi connectivity index (χ4n) is 2.38. The Morgan fingerprint density at radius 1 is 1.46 bits per heavy atom. The molecule has 24 heavy (non-hydrogen) atoms. The molecule has 0 amide bonds. The van der Waals surface area contributed by atoms with Crippen molar-refractivity contribution in [3.05, 3.63) is 48.1 Å². The zero-order chi connectivity index (χ0) is 17.9. The summed E-state index contributed by atoms with van der Waals surface area (Å²) in [7, 11) is -1.79. The highest BCUT2D eigenvalue weighted by Crippen LogP contribution is 2.33. The van der Waals surface area contributed by atoms with Crippen molar-refractivity contribution < 1.29 is 18.1 Å². The molecule has 6 nitrogen and oxygen atoms in total. The molecule has 4 atom stereocenters. The standard InChI is InChI=1S/C15H16F2N4O2S/c1-10(6-18)24(23)11(2)15(22,7-21-9-19-8-20-21)13-4-3-12(16)5-14(13)17/h3-5,8-11,22H,7H2,1-2H3/t10?,11-,15-,24?/m1/s1. The number of nitrogens with zero attached hydrogens (tertiary/aromatic N) is 4. The second-order valence-corrected chi connectivity index (χ2v) is 7.45. The predicted octanol–water partition coefficient (Wildman–Crippen LogP) is 1.49. The molecule has 0 saturated carbocycles. The van der Waals surface area contributed by atoms with E-state index in [1.807, 2.05) is 6.07 Å². The van der Waals surface area contributed by atoms with Crippen LogP contribution >= 0.6 is 0 Å². The molecular formula is C15H16F2N4O2S. The SMILES string of the molecule is CC(C#N)S(=O)[C@H](C)[C@](O)(Cn1cncn1)c1ccc(F)cc1F. The minimum absolute atomic E-state index is 0.217. The quantitative estimate of drug-likeness (QED) is 0.849. The van der Waals surface area contributed by atoms with Crippen LogP contribution in [-0.4, -0.2) is 34.6 Å². The molecule has 2 unspecified atom stereocenters. The van der Waals surface area contributed by atoms with E-state index >= 15 is 0 Å². The molecule has 1 N–H and O–H groups in total. The molecule has 1 aromatic heterocycles. The number of halogens is 2. The lowest BCUT2D eigenvalue weighted by atomic mass is 9.90. The number of hydrogen-bond donors (Lipinski definition) is 1. The Morgan fingerprint density at radius 3 is 2.71 bits per heavy atom. The average molecular weight is 354 g/mol. The molecule has 2 rings (SSSR count). The Morgan fingerprint density at radius 2 is 2.17 bits per heavy atom. The lowest BCUT2D eigenvalue weighted by molar-refractivity contribution is 0.0120. The summed E-state index contributed by atoms with van der Waals surface area (Å²) in [5.74, 6) is -1.76. The molecule has 0 radical (unpaired) electrons. The van der Waals surface area contributed by atoms with Gasteiger partial charge in [-0.25, -0.2) is 18.4 Å². The zero-order valence-corrected chi connectivity index (χ0v) is 13.9. The van der Waals surface area contributed by atoms with Crippen molar-refractivity contribution in [2.75, 3.05) is 0 Å². The minimum atomic E-state index is -1.97. The summed E-state index contributed by atoms with van der Waals surface area (Å²) in [5, 5.41) is 22.1. The lowest BCUT2D eigenvalue weighted by Gasteiger charge is -2.34. The number of rotatable bonds is 6. The summed E-state index contributed by atoms with van der Waals surface area (Å²) in [4.78, 5) is 3.75. The summed E-state index contributed by atoms with van der Waals surface area (Å²) in [6.45, 7) is 2.65. The van der Waals surface area contributed by atoms with Gasteiger partial charge < -0.3 is 5.11 Å². The second-order valence-electron chi connectivity index (χ2n) is 5.38. The van der Waals surface area contributed by atoms with Gasteiger partial charge in [0.2, 0.25) is 0 Å². The van der Waals surface area contributed by atoms with Crippen LogP contribution in [0.15, 0.2) is 30.9 Å². The molecule has 0 aliphatic carbocycles. The van der Waals surface area contributed by atoms with Crippen LogP contribution in [0.1, 0.15) is 19.4 Å². The number of aliphatic hydroxyl groups is 1. The fourth-order valence-corrected chi connectivity index (χ4v) is 3.69. The first kappa shape index (κ1) is 18.2. The van der Waals surface area contributed by atoms with Crippen LogP contribution in [0, 0.1) is 23.0 Å². The van der Waals surface area contributed by atoms with Gasteiger partial charge >= 0.3 is 0 Å². The highest BCUT2D eigenvalue weighted by molar-refractivity contribution is 7.86. The molecule has 2 aromatic rings. The first-order valence-corrected chi connectivity index (χ1v) is 8.36. The van der Waals surface area contributed by atoms with E-state index in [0.717, 1.165) is 12.1 Å². The van der Waals surface area contributed by atoms with Crippen molar-refractivity contribution in [2.24, 2.45) is 0 Å². The summed E-state index contributed by atoms with van der Waals surface area (Å²) in [6, 6.07) is 4.61. The van der Waals surface area contributed by atoms with E-state index in [0.29, 0.717) is 6.07 Å². The van der Waals surface area contributed by atoms with Crippen molar-refractivity contribution >= 4 is 10.8 Å². The number of benzene rings is 1. The first-order valence-electron chi connectivity index (χ1n) is 7.09. The normalized spacial score (nSPS) is 17.5. The summed E-state index contributed by atoms with van der Waals surface area (Å²) >= 11 is 0. The van der Waals surface area contributed by atoms with E-state index in [1.165, 1.54) is 31.2 Å². The number of hydrogen-bond acceptors (Lipinski definition) is 5. The van der Waals surface area contributed by atoms with Gasteiger partial charge in [0.05, 0.1) is 17.9 Å². The molecule has 9 heteroatoms. The van der Waals surface area contributed by atoms with Crippen molar-refractivity contribution in [2.45, 2.75) is 36.5 Å². The molecular weight excluding hydrogens is 338 g/mol. The fraction of sp³-hybridized carbons (Fsp3) is 0.400. The molecule has 128 valence electrons. The first-order chi connectivity index (χ1) is 11.3.